The van der Waals surface area contributed by atoms with Gasteiger partial charge in [-0.05, 0) is 86.9 Å². The molecular weight excluding hydrogens is 354 g/mol. The summed E-state index contributed by atoms with van der Waals surface area (Å²) in [6.07, 6.45) is 6.04. The predicted octanol–water partition coefficient (Wildman–Crippen LogP) is 6.83. The smallest absolute Gasteiger partial charge is 0.193 e. The fourth-order valence-corrected chi connectivity index (χ4v) is 4.90. The highest BCUT2D eigenvalue weighted by molar-refractivity contribution is 6.15. The van der Waals surface area contributed by atoms with Crippen LogP contribution in [-0.2, 0) is 6.54 Å². The van der Waals surface area contributed by atoms with E-state index in [9.17, 15) is 4.79 Å². The highest BCUT2D eigenvalue weighted by Gasteiger charge is 2.20. The van der Waals surface area contributed by atoms with Crippen molar-refractivity contribution < 1.29 is 4.79 Å². The molecule has 1 radical (unpaired) electrons. The summed E-state index contributed by atoms with van der Waals surface area (Å²) >= 11 is 0. The van der Waals surface area contributed by atoms with Crippen LogP contribution in [0.15, 0.2) is 60.7 Å². The Morgan fingerprint density at radius 2 is 1.76 bits per heavy atom. The van der Waals surface area contributed by atoms with Crippen molar-refractivity contribution in [3.8, 4) is 0 Å². The van der Waals surface area contributed by atoms with E-state index in [0.717, 1.165) is 23.2 Å². The molecule has 1 saturated carbocycles. The number of ketones is 1. The molecule has 5 rings (SSSR count). The average Bonchev–Trinajstić information content (AvgIpc) is 3.39. The summed E-state index contributed by atoms with van der Waals surface area (Å²) in [6, 6.07) is 21.0. The summed E-state index contributed by atoms with van der Waals surface area (Å²) < 4.78 is 2.36. The van der Waals surface area contributed by atoms with Gasteiger partial charge in [-0.2, -0.15) is 0 Å². The van der Waals surface area contributed by atoms with Gasteiger partial charge in [-0.3, -0.25) is 4.79 Å². The van der Waals surface area contributed by atoms with Gasteiger partial charge in [0.2, 0.25) is 0 Å². The van der Waals surface area contributed by atoms with E-state index in [1.54, 1.807) is 0 Å². The summed E-state index contributed by atoms with van der Waals surface area (Å²) in [5.74, 6) is 0.736. The molecule has 1 aliphatic rings. The third-order valence-corrected chi connectivity index (χ3v) is 6.50. The van der Waals surface area contributed by atoms with Gasteiger partial charge in [0.25, 0.3) is 0 Å². The van der Waals surface area contributed by atoms with Gasteiger partial charge in [0.1, 0.15) is 0 Å². The molecule has 145 valence electrons. The van der Waals surface area contributed by atoms with Crippen LogP contribution in [0.5, 0.6) is 0 Å². The summed E-state index contributed by atoms with van der Waals surface area (Å²) in [4.78, 5) is 13.2. The van der Waals surface area contributed by atoms with Crippen molar-refractivity contribution in [2.75, 3.05) is 0 Å². The Bertz CT molecular complexity index is 1220. The molecule has 1 heterocycles. The largest absolute Gasteiger partial charge is 0.341 e. The van der Waals surface area contributed by atoms with Gasteiger partial charge >= 0.3 is 0 Å². The maximum absolute atomic E-state index is 13.2. The normalized spacial score (nSPS) is 14.8. The number of aromatic nitrogens is 1. The molecule has 0 aliphatic heterocycles. The van der Waals surface area contributed by atoms with Gasteiger partial charge in [-0.1, -0.05) is 30.3 Å². The Morgan fingerprint density at radius 1 is 1.00 bits per heavy atom. The van der Waals surface area contributed by atoms with Crippen LogP contribution in [0, 0.1) is 13.3 Å². The number of rotatable bonds is 4. The van der Waals surface area contributed by atoms with E-state index in [4.69, 9.17) is 0 Å². The lowest BCUT2D eigenvalue weighted by molar-refractivity contribution is 0.103. The Labute approximate surface area is 172 Å². The van der Waals surface area contributed by atoms with Gasteiger partial charge in [0, 0.05) is 39.5 Å². The maximum Gasteiger partial charge on any atom is 0.193 e. The molecule has 1 aromatic heterocycles. The van der Waals surface area contributed by atoms with Crippen LogP contribution in [-0.4, -0.2) is 10.4 Å². The number of aryl methyl sites for hydroxylation is 2. The summed E-state index contributed by atoms with van der Waals surface area (Å²) in [7, 11) is 0. The Kier molecular flexibility index (Phi) is 4.50. The van der Waals surface area contributed by atoms with Crippen LogP contribution in [0.3, 0.4) is 0 Å². The van der Waals surface area contributed by atoms with Crippen molar-refractivity contribution in [2.45, 2.75) is 45.6 Å². The van der Waals surface area contributed by atoms with Crippen LogP contribution < -0.4 is 0 Å². The SMILES string of the molecule is CCn1c2ccc(C(=O)c3ccccc3C)cc2c2cc(C3C[CH]CC3)ccc21. The van der Waals surface area contributed by atoms with Crippen molar-refractivity contribution in [2.24, 2.45) is 0 Å². The van der Waals surface area contributed by atoms with Crippen molar-refractivity contribution in [3.63, 3.8) is 0 Å². The minimum absolute atomic E-state index is 0.101. The molecule has 2 heteroatoms. The zero-order valence-electron chi connectivity index (χ0n) is 17.1. The first kappa shape index (κ1) is 18.2. The minimum atomic E-state index is 0.101. The van der Waals surface area contributed by atoms with Crippen LogP contribution in [0.4, 0.5) is 0 Å². The van der Waals surface area contributed by atoms with Crippen LogP contribution >= 0.6 is 0 Å². The first-order chi connectivity index (χ1) is 14.2. The molecule has 1 atom stereocenters. The number of carbonyl (C=O) groups excluding carboxylic acids is 1. The zero-order valence-corrected chi connectivity index (χ0v) is 17.1. The lowest BCUT2D eigenvalue weighted by Crippen LogP contribution is -2.03. The Balaban J connectivity index is 1.69. The Hall–Kier alpha value is -2.87. The first-order valence-electron chi connectivity index (χ1n) is 10.6. The highest BCUT2D eigenvalue weighted by atomic mass is 16.1. The highest BCUT2D eigenvalue weighted by Crippen LogP contribution is 2.37. The zero-order chi connectivity index (χ0) is 20.0. The van der Waals surface area contributed by atoms with E-state index in [0.29, 0.717) is 5.92 Å². The molecule has 1 aliphatic carbocycles. The van der Waals surface area contributed by atoms with Gasteiger partial charge in [-0.15, -0.1) is 0 Å². The molecule has 0 saturated heterocycles. The molecule has 0 bridgehead atoms. The lowest BCUT2D eigenvalue weighted by Gasteiger charge is -2.10. The number of carbonyl (C=O) groups is 1. The molecule has 0 amide bonds. The summed E-state index contributed by atoms with van der Waals surface area (Å²) in [5.41, 5.74) is 6.47. The average molecular weight is 381 g/mol. The molecule has 2 nitrogen and oxygen atoms in total. The topological polar surface area (TPSA) is 22.0 Å². The molecular formula is C27H26NO. The van der Waals surface area contributed by atoms with Gasteiger partial charge in [0.15, 0.2) is 5.78 Å². The second-order valence-electron chi connectivity index (χ2n) is 8.20. The molecule has 0 N–H and O–H groups in total. The second kappa shape index (κ2) is 7.18. The molecule has 3 aromatic carbocycles. The monoisotopic (exact) mass is 380 g/mol. The van der Waals surface area contributed by atoms with E-state index >= 15 is 0 Å². The third-order valence-electron chi connectivity index (χ3n) is 6.50. The standard InChI is InChI=1S/C27H26NO/c1-3-28-25-14-12-20(19-9-5-6-10-19)16-23(25)24-17-21(13-15-26(24)28)27(29)22-11-7-4-8-18(22)2/h4-5,7-8,11-17,19H,3,6,9-10H2,1-2H3. The van der Waals surface area contributed by atoms with E-state index in [-0.39, 0.29) is 5.78 Å². The molecule has 29 heavy (non-hydrogen) atoms. The van der Waals surface area contributed by atoms with Gasteiger partial charge in [0.05, 0.1) is 0 Å². The number of hydrogen-bond acceptors (Lipinski definition) is 1. The molecule has 0 spiro atoms. The maximum atomic E-state index is 13.2. The predicted molar refractivity (Wildman–Crippen MR) is 121 cm³/mol. The van der Waals surface area contributed by atoms with E-state index < -0.39 is 0 Å². The van der Waals surface area contributed by atoms with Crippen molar-refractivity contribution in [1.29, 1.82) is 0 Å². The lowest BCUT2D eigenvalue weighted by atomic mass is 9.95. The van der Waals surface area contributed by atoms with E-state index in [1.165, 1.54) is 46.6 Å². The number of hydrogen-bond donors (Lipinski definition) is 0. The fraction of sp³-hybridized carbons (Fsp3) is 0.259. The molecule has 1 unspecified atom stereocenters. The first-order valence-corrected chi connectivity index (χ1v) is 10.6. The van der Waals surface area contributed by atoms with E-state index in [1.807, 2.05) is 37.3 Å². The second-order valence-corrected chi connectivity index (χ2v) is 8.20. The van der Waals surface area contributed by atoms with Gasteiger partial charge < -0.3 is 4.57 Å². The summed E-state index contributed by atoms with van der Waals surface area (Å²) in [5, 5.41) is 2.45. The van der Waals surface area contributed by atoms with Gasteiger partial charge in [-0.25, -0.2) is 0 Å². The molecule has 4 aromatic rings. The van der Waals surface area contributed by atoms with Crippen molar-refractivity contribution >= 4 is 27.6 Å². The number of fused-ring (bicyclic) bond motifs is 3. The number of nitrogens with zero attached hydrogens (tertiary/aromatic N) is 1. The minimum Gasteiger partial charge on any atom is -0.341 e. The van der Waals surface area contributed by atoms with Crippen molar-refractivity contribution in [1.82, 2.24) is 4.57 Å². The van der Waals surface area contributed by atoms with E-state index in [2.05, 4.69) is 48.2 Å². The number of benzene rings is 3. The quantitative estimate of drug-likeness (QED) is 0.356. The van der Waals surface area contributed by atoms with Crippen molar-refractivity contribution in [3.05, 3.63) is 89.3 Å². The van der Waals surface area contributed by atoms with Crippen LogP contribution in [0.25, 0.3) is 21.8 Å². The van der Waals surface area contributed by atoms with Crippen LogP contribution in [0.1, 0.15) is 59.2 Å². The third kappa shape index (κ3) is 2.98. The molecule has 1 fully saturated rings. The Morgan fingerprint density at radius 3 is 2.48 bits per heavy atom. The summed E-state index contributed by atoms with van der Waals surface area (Å²) in [6.45, 7) is 5.10. The fourth-order valence-electron chi connectivity index (χ4n) is 4.90. The van der Waals surface area contributed by atoms with Crippen LogP contribution in [0.2, 0.25) is 0 Å².